The molecule has 0 saturated carbocycles. The number of nitrogens with zero attached hydrogens (tertiary/aromatic N) is 5. The first-order chi connectivity index (χ1) is 15.0. The van der Waals surface area contributed by atoms with Gasteiger partial charge in [-0.1, -0.05) is 11.6 Å². The summed E-state index contributed by atoms with van der Waals surface area (Å²) < 4.78 is 13.4. The Balaban J connectivity index is 1.46. The van der Waals surface area contributed by atoms with E-state index in [9.17, 15) is 9.18 Å². The van der Waals surface area contributed by atoms with Crippen LogP contribution in [0.15, 0.2) is 30.7 Å². The number of carboxylic acids is 1. The number of benzene rings is 1. The third-order valence-corrected chi connectivity index (χ3v) is 5.41. The van der Waals surface area contributed by atoms with Gasteiger partial charge in [-0.05, 0) is 31.0 Å². The topological polar surface area (TPSA) is 116 Å². The highest BCUT2D eigenvalue weighted by molar-refractivity contribution is 6.31. The monoisotopic (exact) mass is 445 g/mol. The third kappa shape index (κ3) is 5.33. The molecule has 1 aliphatic rings. The summed E-state index contributed by atoms with van der Waals surface area (Å²) in [4.78, 5) is 30.3. The second-order valence-corrected chi connectivity index (χ2v) is 7.71. The molecule has 0 atom stereocenters. The average Bonchev–Trinajstić information content (AvgIpc) is 2.76. The molecule has 0 bridgehead atoms. The Kier molecular flexibility index (Phi) is 6.38. The average molecular weight is 446 g/mol. The minimum absolute atomic E-state index is 0.00930. The van der Waals surface area contributed by atoms with Crippen LogP contribution in [-0.2, 0) is 4.79 Å². The summed E-state index contributed by atoms with van der Waals surface area (Å²) in [5.41, 5.74) is 1.67. The van der Waals surface area contributed by atoms with Gasteiger partial charge in [0, 0.05) is 31.4 Å². The summed E-state index contributed by atoms with van der Waals surface area (Å²) in [6.07, 6.45) is 4.91. The first kappa shape index (κ1) is 21.1. The zero-order valence-electron chi connectivity index (χ0n) is 16.6. The number of aliphatic carboxylic acids is 1. The molecule has 0 amide bonds. The number of fused-ring (bicyclic) bond motifs is 1. The Morgan fingerprint density at radius 1 is 1.26 bits per heavy atom. The number of likely N-dealkylation sites (tertiary alicyclic amines) is 1. The normalized spacial score (nSPS) is 15.2. The molecule has 162 valence electrons. The molecule has 3 aromatic rings. The van der Waals surface area contributed by atoms with E-state index in [1.165, 1.54) is 18.5 Å². The fourth-order valence-corrected chi connectivity index (χ4v) is 3.64. The van der Waals surface area contributed by atoms with Gasteiger partial charge >= 0.3 is 5.97 Å². The van der Waals surface area contributed by atoms with Crippen molar-refractivity contribution in [2.45, 2.75) is 25.3 Å². The summed E-state index contributed by atoms with van der Waals surface area (Å²) in [6, 6.07) is 4.51. The lowest BCUT2D eigenvalue weighted by molar-refractivity contribution is -0.137. The Labute approximate surface area is 182 Å². The van der Waals surface area contributed by atoms with E-state index >= 15 is 0 Å². The van der Waals surface area contributed by atoms with E-state index in [0.29, 0.717) is 35.0 Å². The summed E-state index contributed by atoms with van der Waals surface area (Å²) in [5.74, 6) is -0.352. The number of carboxylic acid groups (broad SMARTS) is 1. The zero-order chi connectivity index (χ0) is 21.8. The first-order valence-electron chi connectivity index (χ1n) is 9.88. The molecule has 4 rings (SSSR count). The van der Waals surface area contributed by atoms with Gasteiger partial charge in [0.2, 0.25) is 5.95 Å². The number of hydrogen-bond acceptors (Lipinski definition) is 8. The van der Waals surface area contributed by atoms with Gasteiger partial charge in [0.15, 0.2) is 5.82 Å². The molecule has 3 N–H and O–H groups in total. The first-order valence-corrected chi connectivity index (χ1v) is 10.3. The SMILES string of the molecule is O=C(O)CCN1CCC(Nc2ncc3ncnc(Nc4ccc(F)c(Cl)c4)c3n2)CC1. The van der Waals surface area contributed by atoms with Gasteiger partial charge in [-0.15, -0.1) is 0 Å². The van der Waals surface area contributed by atoms with E-state index in [1.54, 1.807) is 12.3 Å². The van der Waals surface area contributed by atoms with Crippen LogP contribution in [0.2, 0.25) is 5.02 Å². The molecule has 31 heavy (non-hydrogen) atoms. The largest absolute Gasteiger partial charge is 0.481 e. The van der Waals surface area contributed by atoms with Crippen molar-refractivity contribution < 1.29 is 14.3 Å². The summed E-state index contributed by atoms with van der Waals surface area (Å²) in [6.45, 7) is 2.20. The maximum absolute atomic E-state index is 13.4. The number of anilines is 3. The highest BCUT2D eigenvalue weighted by atomic mass is 35.5. The van der Waals surface area contributed by atoms with Crippen molar-refractivity contribution in [2.24, 2.45) is 0 Å². The lowest BCUT2D eigenvalue weighted by Crippen LogP contribution is -2.40. The molecule has 0 unspecified atom stereocenters. The maximum Gasteiger partial charge on any atom is 0.304 e. The molecule has 2 aromatic heterocycles. The Morgan fingerprint density at radius 2 is 2.06 bits per heavy atom. The fraction of sp³-hybridized carbons (Fsp3) is 0.350. The van der Waals surface area contributed by atoms with Gasteiger partial charge < -0.3 is 20.6 Å². The Hall–Kier alpha value is -3.11. The molecule has 11 heteroatoms. The van der Waals surface area contributed by atoms with Crippen LogP contribution in [-0.4, -0.2) is 61.6 Å². The van der Waals surface area contributed by atoms with Crippen LogP contribution in [0.5, 0.6) is 0 Å². The molecular formula is C20H21ClFN7O2. The lowest BCUT2D eigenvalue weighted by Gasteiger charge is -2.31. The molecule has 0 radical (unpaired) electrons. The van der Waals surface area contributed by atoms with Crippen LogP contribution in [0.3, 0.4) is 0 Å². The van der Waals surface area contributed by atoms with E-state index < -0.39 is 11.8 Å². The summed E-state index contributed by atoms with van der Waals surface area (Å²) in [7, 11) is 0. The molecule has 1 aromatic carbocycles. The van der Waals surface area contributed by atoms with Crippen molar-refractivity contribution in [3.63, 3.8) is 0 Å². The number of nitrogens with one attached hydrogen (secondary N) is 2. The molecule has 0 spiro atoms. The van der Waals surface area contributed by atoms with Crippen molar-refractivity contribution in [3.05, 3.63) is 41.6 Å². The Bertz CT molecular complexity index is 1090. The standard InChI is InChI=1S/C20H21ClFN7O2/c21-14-9-13(1-2-15(14)22)26-19-18-16(24-11-25-19)10-23-20(28-18)27-12-3-6-29(7-4-12)8-5-17(30)31/h1-2,9-12H,3-8H2,(H,30,31)(H,23,27,28)(H,24,25,26). The van der Waals surface area contributed by atoms with Crippen LogP contribution in [0, 0.1) is 5.82 Å². The van der Waals surface area contributed by atoms with Gasteiger partial charge in [0.25, 0.3) is 0 Å². The minimum atomic E-state index is -0.778. The number of carbonyl (C=O) groups is 1. The lowest BCUT2D eigenvalue weighted by atomic mass is 10.1. The van der Waals surface area contributed by atoms with Crippen molar-refractivity contribution in [1.29, 1.82) is 0 Å². The molecule has 1 saturated heterocycles. The number of rotatable bonds is 7. The Morgan fingerprint density at radius 3 is 2.81 bits per heavy atom. The van der Waals surface area contributed by atoms with Crippen LogP contribution in [0.1, 0.15) is 19.3 Å². The highest BCUT2D eigenvalue weighted by Gasteiger charge is 2.20. The molecule has 0 aliphatic carbocycles. The molecular weight excluding hydrogens is 425 g/mol. The molecule has 1 fully saturated rings. The predicted octanol–water partition coefficient (Wildman–Crippen LogP) is 3.31. The summed E-state index contributed by atoms with van der Waals surface area (Å²) in [5, 5.41) is 15.3. The van der Waals surface area contributed by atoms with E-state index in [-0.39, 0.29) is 17.5 Å². The van der Waals surface area contributed by atoms with Gasteiger partial charge in [-0.25, -0.2) is 24.3 Å². The molecule has 3 heterocycles. The van der Waals surface area contributed by atoms with Crippen molar-refractivity contribution in [3.8, 4) is 0 Å². The zero-order valence-corrected chi connectivity index (χ0v) is 17.3. The number of hydrogen-bond donors (Lipinski definition) is 3. The number of aromatic nitrogens is 4. The van der Waals surface area contributed by atoms with Crippen molar-refractivity contribution in [2.75, 3.05) is 30.3 Å². The maximum atomic E-state index is 13.4. The highest BCUT2D eigenvalue weighted by Crippen LogP contribution is 2.25. The molecule has 1 aliphatic heterocycles. The van der Waals surface area contributed by atoms with E-state index in [4.69, 9.17) is 16.7 Å². The van der Waals surface area contributed by atoms with Gasteiger partial charge in [0.05, 0.1) is 17.6 Å². The third-order valence-electron chi connectivity index (χ3n) is 5.12. The van der Waals surface area contributed by atoms with Crippen molar-refractivity contribution >= 4 is 46.1 Å². The smallest absolute Gasteiger partial charge is 0.304 e. The van der Waals surface area contributed by atoms with Gasteiger partial charge in [-0.3, -0.25) is 4.79 Å². The van der Waals surface area contributed by atoms with Crippen LogP contribution in [0.25, 0.3) is 11.0 Å². The van der Waals surface area contributed by atoms with Crippen molar-refractivity contribution in [1.82, 2.24) is 24.8 Å². The predicted molar refractivity (Wildman–Crippen MR) is 115 cm³/mol. The number of piperidine rings is 1. The second kappa shape index (κ2) is 9.36. The molecule has 9 nitrogen and oxygen atoms in total. The van der Waals surface area contributed by atoms with E-state index in [0.717, 1.165) is 25.9 Å². The van der Waals surface area contributed by atoms with E-state index in [2.05, 4.69) is 35.5 Å². The van der Waals surface area contributed by atoms with Crippen LogP contribution < -0.4 is 10.6 Å². The quantitative estimate of drug-likeness (QED) is 0.503. The van der Waals surface area contributed by atoms with Crippen LogP contribution in [0.4, 0.5) is 21.8 Å². The van der Waals surface area contributed by atoms with Gasteiger partial charge in [0.1, 0.15) is 23.2 Å². The summed E-state index contributed by atoms with van der Waals surface area (Å²) >= 11 is 5.86. The van der Waals surface area contributed by atoms with Gasteiger partial charge in [-0.2, -0.15) is 0 Å². The van der Waals surface area contributed by atoms with E-state index in [1.807, 2.05) is 0 Å². The fourth-order valence-electron chi connectivity index (χ4n) is 3.46. The van der Waals surface area contributed by atoms with Crippen LogP contribution >= 0.6 is 11.6 Å². The second-order valence-electron chi connectivity index (χ2n) is 7.31. The minimum Gasteiger partial charge on any atom is -0.481 e. The number of halogens is 2.